The Labute approximate surface area is 182 Å². The van der Waals surface area contributed by atoms with Crippen LogP contribution in [0.15, 0.2) is 48.5 Å². The van der Waals surface area contributed by atoms with Crippen LogP contribution in [0.3, 0.4) is 0 Å². The molecule has 4 rings (SSSR count). The minimum absolute atomic E-state index is 0.0238. The van der Waals surface area contributed by atoms with Gasteiger partial charge in [-0.2, -0.15) is 0 Å². The van der Waals surface area contributed by atoms with Gasteiger partial charge in [0.05, 0.1) is 11.0 Å². The molecule has 1 fully saturated rings. The Morgan fingerprint density at radius 1 is 1.06 bits per heavy atom. The number of carbonyl (C=O) groups is 2. The molecule has 0 unspecified atom stereocenters. The van der Waals surface area contributed by atoms with Crippen molar-refractivity contribution in [1.29, 1.82) is 0 Å². The van der Waals surface area contributed by atoms with Crippen molar-refractivity contribution < 1.29 is 9.59 Å². The van der Waals surface area contributed by atoms with Gasteiger partial charge in [0.15, 0.2) is 0 Å². The highest BCUT2D eigenvalue weighted by Crippen LogP contribution is 2.30. The van der Waals surface area contributed by atoms with E-state index in [1.807, 2.05) is 24.3 Å². The number of amides is 2. The topological polar surface area (TPSA) is 79.3 Å². The van der Waals surface area contributed by atoms with Crippen LogP contribution in [0.1, 0.15) is 37.0 Å². The van der Waals surface area contributed by atoms with Crippen molar-refractivity contribution in [2.75, 3.05) is 30.3 Å². The molecule has 2 N–H and O–H groups in total. The first-order valence-electron chi connectivity index (χ1n) is 11.0. The van der Waals surface area contributed by atoms with Gasteiger partial charge in [0.25, 0.3) is 5.91 Å². The van der Waals surface area contributed by atoms with Gasteiger partial charge in [-0.15, -0.1) is 0 Å². The smallest absolute Gasteiger partial charge is 0.258 e. The van der Waals surface area contributed by atoms with Crippen molar-refractivity contribution in [1.82, 2.24) is 14.5 Å². The molecule has 2 amide bonds. The number of hydrogen-bond donors (Lipinski definition) is 2. The van der Waals surface area contributed by atoms with E-state index in [1.165, 1.54) is 0 Å². The fraction of sp³-hybridized carbons (Fsp3) is 0.375. The van der Waals surface area contributed by atoms with Crippen LogP contribution in [-0.2, 0) is 11.3 Å². The maximum Gasteiger partial charge on any atom is 0.258 e. The summed E-state index contributed by atoms with van der Waals surface area (Å²) in [6.45, 7) is 7.85. The number of benzene rings is 2. The fourth-order valence-corrected chi connectivity index (χ4v) is 3.68. The molecule has 7 heteroatoms. The summed E-state index contributed by atoms with van der Waals surface area (Å²) in [6.07, 6.45) is 1.88. The highest BCUT2D eigenvalue weighted by Gasteiger charge is 2.29. The third-order valence-corrected chi connectivity index (χ3v) is 5.75. The summed E-state index contributed by atoms with van der Waals surface area (Å²) in [7, 11) is 0. The predicted molar refractivity (Wildman–Crippen MR) is 123 cm³/mol. The predicted octanol–water partition coefficient (Wildman–Crippen LogP) is 3.98. The summed E-state index contributed by atoms with van der Waals surface area (Å²) in [6, 6.07) is 14.9. The van der Waals surface area contributed by atoms with Crippen LogP contribution in [0.2, 0.25) is 0 Å². The van der Waals surface area contributed by atoms with Gasteiger partial charge in [-0.05, 0) is 56.3 Å². The second-order valence-corrected chi connectivity index (χ2v) is 7.90. The van der Waals surface area contributed by atoms with E-state index in [9.17, 15) is 9.59 Å². The number of hydrogen-bond acceptors (Lipinski definition) is 4. The third-order valence-electron chi connectivity index (χ3n) is 5.75. The molecule has 162 valence electrons. The summed E-state index contributed by atoms with van der Waals surface area (Å²) in [4.78, 5) is 32.0. The Hall–Kier alpha value is -3.19. The molecule has 2 aromatic carbocycles. The molecule has 0 radical (unpaired) electrons. The summed E-state index contributed by atoms with van der Waals surface area (Å²) < 4.78 is 2.06. The average molecular weight is 420 g/mol. The lowest BCUT2D eigenvalue weighted by molar-refractivity contribution is -0.117. The van der Waals surface area contributed by atoms with Crippen molar-refractivity contribution in [3.8, 4) is 0 Å². The minimum Gasteiger partial charge on any atom is -0.326 e. The molecule has 31 heavy (non-hydrogen) atoms. The van der Waals surface area contributed by atoms with E-state index < -0.39 is 0 Å². The molecule has 1 heterocycles. The van der Waals surface area contributed by atoms with Gasteiger partial charge in [-0.1, -0.05) is 32.0 Å². The van der Waals surface area contributed by atoms with Crippen molar-refractivity contribution >= 4 is 34.5 Å². The number of anilines is 2. The molecule has 0 atom stereocenters. The van der Waals surface area contributed by atoms with Gasteiger partial charge in [-0.25, -0.2) is 4.98 Å². The van der Waals surface area contributed by atoms with Gasteiger partial charge in [0, 0.05) is 30.3 Å². The Bertz CT molecular complexity index is 1080. The van der Waals surface area contributed by atoms with Crippen molar-refractivity contribution in [3.05, 3.63) is 54.1 Å². The van der Waals surface area contributed by atoms with E-state index in [0.717, 1.165) is 50.1 Å². The summed E-state index contributed by atoms with van der Waals surface area (Å²) >= 11 is 0. The highest BCUT2D eigenvalue weighted by atomic mass is 16.2. The molecule has 0 spiro atoms. The van der Waals surface area contributed by atoms with E-state index in [4.69, 9.17) is 0 Å². The summed E-state index contributed by atoms with van der Waals surface area (Å²) in [5.74, 6) is 0.423. The zero-order valence-electron chi connectivity index (χ0n) is 18.1. The molecule has 7 nitrogen and oxygen atoms in total. The van der Waals surface area contributed by atoms with E-state index in [1.54, 1.807) is 24.3 Å². The van der Waals surface area contributed by atoms with E-state index in [-0.39, 0.29) is 17.7 Å². The molecule has 0 bridgehead atoms. The number of rotatable bonds is 9. The zero-order valence-corrected chi connectivity index (χ0v) is 18.1. The first-order valence-corrected chi connectivity index (χ1v) is 11.0. The lowest BCUT2D eigenvalue weighted by Crippen LogP contribution is -2.27. The van der Waals surface area contributed by atoms with Gasteiger partial charge in [0.2, 0.25) is 11.9 Å². The number of nitrogens with one attached hydrogen (secondary N) is 2. The first-order chi connectivity index (χ1) is 15.1. The Kier molecular flexibility index (Phi) is 6.32. The summed E-state index contributed by atoms with van der Waals surface area (Å²) in [5.41, 5.74) is 2.97. The van der Waals surface area contributed by atoms with Crippen LogP contribution in [0.4, 0.5) is 11.6 Å². The van der Waals surface area contributed by atoms with Crippen LogP contribution in [-0.4, -0.2) is 45.9 Å². The van der Waals surface area contributed by atoms with Crippen LogP contribution < -0.4 is 10.6 Å². The molecular weight excluding hydrogens is 390 g/mol. The Morgan fingerprint density at radius 3 is 2.58 bits per heavy atom. The standard InChI is InChI=1S/C24H29N5O2/c1-3-28(4-2)14-15-29-21-11-6-5-10-20(21)26-24(29)27-23(31)18-8-7-9-19(16-18)25-22(30)17-12-13-17/h5-11,16-17H,3-4,12-15H2,1-2H3,(H,25,30)(H,26,27,31). The zero-order chi connectivity index (χ0) is 21.8. The maximum absolute atomic E-state index is 13.0. The number of fused-ring (bicyclic) bond motifs is 1. The van der Waals surface area contributed by atoms with Crippen LogP contribution >= 0.6 is 0 Å². The lowest BCUT2D eigenvalue weighted by Gasteiger charge is -2.19. The second-order valence-electron chi connectivity index (χ2n) is 7.90. The SMILES string of the molecule is CCN(CC)CCn1c(NC(=O)c2cccc(NC(=O)C3CC3)c2)nc2ccccc21. The van der Waals surface area contributed by atoms with E-state index >= 15 is 0 Å². The molecule has 1 aliphatic carbocycles. The first kappa shape index (κ1) is 21.1. The van der Waals surface area contributed by atoms with Gasteiger partial charge in [0.1, 0.15) is 0 Å². The van der Waals surface area contributed by atoms with Gasteiger partial charge in [-0.3, -0.25) is 14.9 Å². The lowest BCUT2D eigenvalue weighted by atomic mass is 10.2. The second kappa shape index (κ2) is 9.31. The molecule has 1 aromatic heterocycles. The Balaban J connectivity index is 1.54. The van der Waals surface area contributed by atoms with Crippen molar-refractivity contribution in [2.24, 2.45) is 5.92 Å². The van der Waals surface area contributed by atoms with E-state index in [0.29, 0.717) is 17.2 Å². The van der Waals surface area contributed by atoms with Crippen molar-refractivity contribution in [2.45, 2.75) is 33.2 Å². The molecule has 3 aromatic rings. The number of nitrogens with zero attached hydrogens (tertiary/aromatic N) is 3. The molecular formula is C24H29N5O2. The number of imidazole rings is 1. The molecule has 0 aliphatic heterocycles. The largest absolute Gasteiger partial charge is 0.326 e. The summed E-state index contributed by atoms with van der Waals surface area (Å²) in [5, 5.41) is 5.87. The number of likely N-dealkylation sites (N-methyl/N-ethyl adjacent to an activating group) is 1. The van der Waals surface area contributed by atoms with Gasteiger partial charge < -0.3 is 14.8 Å². The average Bonchev–Trinajstić information content (AvgIpc) is 3.58. The van der Waals surface area contributed by atoms with Crippen LogP contribution in [0, 0.1) is 5.92 Å². The molecule has 0 saturated heterocycles. The fourth-order valence-electron chi connectivity index (χ4n) is 3.68. The van der Waals surface area contributed by atoms with Crippen LogP contribution in [0.25, 0.3) is 11.0 Å². The quantitative estimate of drug-likeness (QED) is 0.550. The molecule has 1 saturated carbocycles. The Morgan fingerprint density at radius 2 is 1.84 bits per heavy atom. The number of aromatic nitrogens is 2. The van der Waals surface area contributed by atoms with Crippen LogP contribution in [0.5, 0.6) is 0 Å². The highest BCUT2D eigenvalue weighted by molar-refractivity contribution is 6.05. The van der Waals surface area contributed by atoms with Gasteiger partial charge >= 0.3 is 0 Å². The number of para-hydroxylation sites is 2. The van der Waals surface area contributed by atoms with Crippen molar-refractivity contribution in [3.63, 3.8) is 0 Å². The third kappa shape index (κ3) is 4.94. The number of carbonyl (C=O) groups excluding carboxylic acids is 2. The molecule has 1 aliphatic rings. The maximum atomic E-state index is 13.0. The van der Waals surface area contributed by atoms with E-state index in [2.05, 4.69) is 38.9 Å². The monoisotopic (exact) mass is 419 g/mol. The minimum atomic E-state index is -0.248. The normalized spacial score (nSPS) is 13.5.